The molecule has 15 heteroatoms. The molecule has 2 unspecified atom stereocenters. The third-order valence-corrected chi connectivity index (χ3v) is 26.3. The first kappa shape index (κ1) is 83.0. The molecule has 0 saturated carbocycles. The van der Waals surface area contributed by atoms with Crippen LogP contribution >= 0.6 is 23.1 Å². The summed E-state index contributed by atoms with van der Waals surface area (Å²) >= 11 is 3.94. The number of pyridine rings is 1. The fourth-order valence-corrected chi connectivity index (χ4v) is 18.5. The van der Waals surface area contributed by atoms with Crippen molar-refractivity contribution in [1.29, 1.82) is 0 Å². The third kappa shape index (κ3) is 17.6. The number of nitrogens with zero attached hydrogens (tertiary/aromatic N) is 7. The molecule has 13 aromatic rings. The number of rotatable bonds is 12. The van der Waals surface area contributed by atoms with Crippen LogP contribution in [0.15, 0.2) is 114 Å². The van der Waals surface area contributed by atoms with E-state index in [2.05, 4.69) is 335 Å². The van der Waals surface area contributed by atoms with Crippen molar-refractivity contribution in [2.45, 2.75) is 288 Å². The van der Waals surface area contributed by atoms with Crippen LogP contribution in [-0.4, -0.2) is 64.8 Å². The van der Waals surface area contributed by atoms with E-state index in [-0.39, 0.29) is 5.41 Å². The summed E-state index contributed by atoms with van der Waals surface area (Å²) in [5.74, 6) is 13.1. The Morgan fingerprint density at radius 2 is 0.956 bits per heavy atom. The van der Waals surface area contributed by atoms with E-state index in [1.165, 1.54) is 115 Å². The Hall–Kier alpha value is -8.92. The molecule has 9 heterocycles. The number of aromatic amines is 6. The number of allylic oxidation sites excluding steroid dienone is 3. The summed E-state index contributed by atoms with van der Waals surface area (Å²) in [6.45, 7) is 57.7. The Balaban J connectivity index is 0.000000119. The van der Waals surface area contributed by atoms with Crippen molar-refractivity contribution in [2.75, 3.05) is 0 Å². The number of fused-ring (bicyclic) bond motifs is 18. The van der Waals surface area contributed by atoms with Gasteiger partial charge in [-0.25, -0.2) is 34.9 Å². The van der Waals surface area contributed by atoms with Crippen LogP contribution in [0.4, 0.5) is 0 Å². The van der Waals surface area contributed by atoms with E-state index in [0.717, 1.165) is 106 Å². The van der Waals surface area contributed by atoms with Crippen molar-refractivity contribution in [2.24, 2.45) is 11.8 Å². The Morgan fingerprint density at radius 1 is 0.404 bits per heavy atom. The van der Waals surface area contributed by atoms with Gasteiger partial charge in [0.05, 0.1) is 49.5 Å². The van der Waals surface area contributed by atoms with E-state index in [1.54, 1.807) is 0 Å². The lowest BCUT2D eigenvalue weighted by Gasteiger charge is -2.32. The average molecular weight is 1560 g/mol. The predicted molar refractivity (Wildman–Crippen MR) is 486 cm³/mol. The lowest BCUT2D eigenvalue weighted by atomic mass is 9.72. The van der Waals surface area contributed by atoms with Crippen LogP contribution in [0.3, 0.4) is 0 Å². The molecule has 2 atom stereocenters. The molecule has 5 aromatic carbocycles. The van der Waals surface area contributed by atoms with Crippen LogP contribution in [0, 0.1) is 11.8 Å². The van der Waals surface area contributed by atoms with Gasteiger partial charge in [0.15, 0.2) is 0 Å². The maximum atomic E-state index is 4.88. The highest BCUT2D eigenvalue weighted by atomic mass is 32.2. The summed E-state index contributed by atoms with van der Waals surface area (Å²) in [4.78, 5) is 58.7. The molecule has 1 aliphatic heterocycles. The minimum absolute atomic E-state index is 0.161. The number of nitrogens with one attached hydrogen (secondary N) is 6. The normalized spacial score (nSPS) is 15.6. The molecular formula is C99H127N13S2. The highest BCUT2D eigenvalue weighted by Gasteiger charge is 2.37. The summed E-state index contributed by atoms with van der Waals surface area (Å²) in [5.41, 5.74) is 28.0. The van der Waals surface area contributed by atoms with E-state index in [4.69, 9.17) is 24.9 Å². The zero-order valence-electron chi connectivity index (χ0n) is 73.0. The third-order valence-electron chi connectivity index (χ3n) is 23.2. The number of thioether (sulfide) groups is 1. The lowest BCUT2D eigenvalue weighted by Crippen LogP contribution is -2.26. The van der Waals surface area contributed by atoms with Gasteiger partial charge in [0.25, 0.3) is 0 Å². The average Bonchev–Trinajstić information content (AvgIpc) is 1.43. The van der Waals surface area contributed by atoms with E-state index in [1.807, 2.05) is 23.1 Å². The molecule has 13 nitrogen and oxygen atoms in total. The SMILES string of the molecule is CC(C)C1=CC2C=Cc3nc(C(C)C)[nH]c3C2S1.CC(C)c1ccc2c(c1)C(C)(C)Cc1[nH]c(C(C)C)nc1-2.CC(C)c1ccc2c(c1)CCc1[nH]c(C(C)C)nc1-2.CC(C)c1ccc2c(ccc3[nH]c(C(C)C)nc32)c1.CC(C)c1nc2c([nH]1)CCc1cc(C(C)C)sc1-2.CC(C)c1nc2ccc3[nH]c(C(C)C)ccc3c2n1. The Kier molecular flexibility index (Phi) is 24.8. The van der Waals surface area contributed by atoms with Crippen molar-refractivity contribution in [3.05, 3.63) is 221 Å². The first-order valence-electron chi connectivity index (χ1n) is 42.6. The molecule has 18 rings (SSSR count). The number of hydrogen-bond acceptors (Lipinski definition) is 9. The molecular weight excluding hydrogens is 1440 g/mol. The van der Waals surface area contributed by atoms with Crippen molar-refractivity contribution < 1.29 is 0 Å². The number of aryl methyl sites for hydroxylation is 4. The van der Waals surface area contributed by atoms with E-state index >= 15 is 0 Å². The van der Waals surface area contributed by atoms with Gasteiger partial charge in [0.2, 0.25) is 0 Å². The molecule has 0 fully saturated rings. The van der Waals surface area contributed by atoms with Gasteiger partial charge in [-0.05, 0) is 159 Å². The van der Waals surface area contributed by atoms with Crippen LogP contribution in [0.2, 0.25) is 0 Å². The molecule has 8 aromatic heterocycles. The van der Waals surface area contributed by atoms with Crippen LogP contribution in [0.5, 0.6) is 0 Å². The highest BCUT2D eigenvalue weighted by molar-refractivity contribution is 8.03. The zero-order chi connectivity index (χ0) is 81.8. The second kappa shape index (κ2) is 34.1. The Bertz CT molecular complexity index is 5450. The molecule has 0 radical (unpaired) electrons. The topological polar surface area (TPSA) is 185 Å². The summed E-state index contributed by atoms with van der Waals surface area (Å²) in [6.07, 6.45) is 12.4. The van der Waals surface area contributed by atoms with Crippen LogP contribution in [0.25, 0.3) is 82.9 Å². The van der Waals surface area contributed by atoms with E-state index in [9.17, 15) is 0 Å². The standard InChI is InChI=1S/C19H26N2.C17H22N2.C17H20N2.C16H19N3.2C15H20N2S/c1-11(2)13-7-8-14-15(9-13)19(5,6)10-16-17(14)21-18(20-16)12(3)4;2*1-10(2)12-5-7-14-13(9-12)6-8-15-16(14)19-17(18-15)11(3)4;1-9(2)12-6-5-11-13(17-12)7-8-14-15(11)19-16(18-14)10(3)4;2*1-8(2)12-7-10-5-6-11-13(14(10)18-12)17-15(16-11)9(3)4/h7-9,11-12H,10H2,1-6H3,(H,20,21);5,7,9-11H,6,8H2,1-4H3,(H,18,19);5-11H,1-4H3,(H,18,19);5-10,17H,1-4H3;7-9H,5-6H2,1-4H3,(H,16,17);5-10,14H,1-4H3,(H,16,17). The van der Waals surface area contributed by atoms with Crippen molar-refractivity contribution in [1.82, 2.24) is 64.8 Å². The largest absolute Gasteiger partial charge is 0.358 e. The lowest BCUT2D eigenvalue weighted by molar-refractivity contribution is 0.509. The molecule has 0 saturated heterocycles. The first-order valence-corrected chi connectivity index (χ1v) is 44.3. The van der Waals surface area contributed by atoms with Gasteiger partial charge in [0, 0.05) is 96.5 Å². The van der Waals surface area contributed by atoms with Gasteiger partial charge in [-0.2, -0.15) is 0 Å². The van der Waals surface area contributed by atoms with Crippen LogP contribution < -0.4 is 0 Å². The van der Waals surface area contributed by atoms with Gasteiger partial charge >= 0.3 is 0 Å². The number of H-pyrrole nitrogens is 6. The molecule has 4 aliphatic carbocycles. The number of thiophene rings is 1. The van der Waals surface area contributed by atoms with Crippen LogP contribution in [0.1, 0.15) is 358 Å². The molecule has 5 aliphatic rings. The smallest absolute Gasteiger partial charge is 0.132 e. The number of hydrogen-bond donors (Lipinski definition) is 6. The van der Waals surface area contributed by atoms with Gasteiger partial charge in [0.1, 0.15) is 46.2 Å². The first-order chi connectivity index (χ1) is 54.1. The number of benzene rings is 5. The summed E-state index contributed by atoms with van der Waals surface area (Å²) < 4.78 is 0. The molecule has 0 spiro atoms. The van der Waals surface area contributed by atoms with Gasteiger partial charge in [-0.15, -0.1) is 23.1 Å². The molecule has 600 valence electrons. The second-order valence-electron chi connectivity index (χ2n) is 36.9. The maximum Gasteiger partial charge on any atom is 0.132 e. The zero-order valence-corrected chi connectivity index (χ0v) is 74.7. The minimum Gasteiger partial charge on any atom is -0.358 e. The molecule has 6 N–H and O–H groups in total. The highest BCUT2D eigenvalue weighted by Crippen LogP contribution is 2.53. The summed E-state index contributed by atoms with van der Waals surface area (Å²) in [5, 5.41) is 4.19. The van der Waals surface area contributed by atoms with E-state index < -0.39 is 0 Å². The number of imidazole rings is 6. The van der Waals surface area contributed by atoms with Crippen LogP contribution in [-0.2, 0) is 37.5 Å². The monoisotopic (exact) mass is 1560 g/mol. The maximum absolute atomic E-state index is 4.88. The van der Waals surface area contributed by atoms with Gasteiger partial charge in [-0.3, -0.25) is 0 Å². The molecule has 0 amide bonds. The van der Waals surface area contributed by atoms with E-state index in [0.29, 0.717) is 82.2 Å². The van der Waals surface area contributed by atoms with Gasteiger partial charge < -0.3 is 29.9 Å². The van der Waals surface area contributed by atoms with Gasteiger partial charge in [-0.1, -0.05) is 253 Å². The molecule has 114 heavy (non-hydrogen) atoms. The summed E-state index contributed by atoms with van der Waals surface area (Å²) in [6, 6.07) is 35.7. The fourth-order valence-electron chi connectivity index (χ4n) is 15.8. The number of aromatic nitrogens is 13. The van der Waals surface area contributed by atoms with Crippen molar-refractivity contribution in [3.8, 4) is 33.1 Å². The fraction of sp³-hybridized carbons (Fsp3) is 0.465. The summed E-state index contributed by atoms with van der Waals surface area (Å²) in [7, 11) is 0. The minimum atomic E-state index is 0.161. The second-order valence-corrected chi connectivity index (χ2v) is 39.2. The Morgan fingerprint density at radius 3 is 1.57 bits per heavy atom. The quantitative estimate of drug-likeness (QED) is 0.0698. The predicted octanol–water partition coefficient (Wildman–Crippen LogP) is 27.9. The van der Waals surface area contributed by atoms with Crippen molar-refractivity contribution in [3.63, 3.8) is 0 Å². The van der Waals surface area contributed by atoms with Crippen molar-refractivity contribution >= 4 is 72.9 Å². The molecule has 0 bridgehead atoms. The Labute approximate surface area is 687 Å².